The molecule has 0 saturated heterocycles. The number of nitrogens with two attached hydrogens (primary N) is 1. The van der Waals surface area contributed by atoms with Crippen molar-refractivity contribution >= 4 is 5.97 Å². The number of para-hydroxylation sites is 2. The van der Waals surface area contributed by atoms with Gasteiger partial charge in [0, 0.05) is 30.8 Å². The van der Waals surface area contributed by atoms with Crippen molar-refractivity contribution in [2.45, 2.75) is 51.7 Å². The molecule has 0 aromatic heterocycles. The van der Waals surface area contributed by atoms with Gasteiger partial charge in [-0.1, -0.05) is 69.3 Å². The van der Waals surface area contributed by atoms with Crippen molar-refractivity contribution in [2.75, 3.05) is 6.54 Å². The van der Waals surface area contributed by atoms with Crippen LogP contribution < -0.4 is 10.5 Å². The number of carboxylic acid groups (broad SMARTS) is 1. The van der Waals surface area contributed by atoms with Crippen LogP contribution in [-0.2, 0) is 23.3 Å². The average Bonchev–Trinajstić information content (AvgIpc) is 2.79. The van der Waals surface area contributed by atoms with Crippen LogP contribution in [0.15, 0.2) is 72.8 Å². The minimum atomic E-state index is -1.02. The molecule has 0 saturated carbocycles. The van der Waals surface area contributed by atoms with Crippen LogP contribution in [0.2, 0.25) is 0 Å². The number of carboxylic acids is 1. The van der Waals surface area contributed by atoms with Crippen molar-refractivity contribution in [1.82, 2.24) is 4.90 Å². The molecule has 0 bridgehead atoms. The molecule has 0 radical (unpaired) electrons. The number of aromatic hydroxyl groups is 1. The maximum absolute atomic E-state index is 11.2. The highest BCUT2D eigenvalue weighted by Crippen LogP contribution is 2.31. The first-order chi connectivity index (χ1) is 16.1. The van der Waals surface area contributed by atoms with E-state index in [9.17, 15) is 15.0 Å². The second kappa shape index (κ2) is 11.2. The summed E-state index contributed by atoms with van der Waals surface area (Å²) in [5.41, 5.74) is 8.69. The molecule has 3 aromatic carbocycles. The lowest BCUT2D eigenvalue weighted by atomic mass is 9.87. The summed E-state index contributed by atoms with van der Waals surface area (Å²) in [5.74, 6) is 0.682. The fraction of sp³-hybridized carbons (Fsp3) is 0.321. The summed E-state index contributed by atoms with van der Waals surface area (Å²) in [7, 11) is 0. The molecule has 0 fully saturated rings. The van der Waals surface area contributed by atoms with Crippen LogP contribution in [0, 0.1) is 0 Å². The maximum atomic E-state index is 11.2. The lowest BCUT2D eigenvalue weighted by Crippen LogP contribution is -2.35. The number of aliphatic carboxylic acids is 1. The highest BCUT2D eigenvalue weighted by molar-refractivity contribution is 5.73. The number of phenols is 1. The van der Waals surface area contributed by atoms with Crippen LogP contribution in [0.4, 0.5) is 0 Å². The van der Waals surface area contributed by atoms with E-state index in [4.69, 9.17) is 10.5 Å². The molecule has 0 heterocycles. The van der Waals surface area contributed by atoms with Gasteiger partial charge in [-0.2, -0.15) is 0 Å². The monoisotopic (exact) mass is 462 g/mol. The number of hydrogen-bond donors (Lipinski definition) is 3. The van der Waals surface area contributed by atoms with Crippen LogP contribution in [-0.4, -0.2) is 33.7 Å². The first-order valence-electron chi connectivity index (χ1n) is 11.5. The Kier molecular flexibility index (Phi) is 8.31. The van der Waals surface area contributed by atoms with E-state index in [-0.39, 0.29) is 11.2 Å². The van der Waals surface area contributed by atoms with E-state index >= 15 is 0 Å². The molecule has 0 unspecified atom stereocenters. The highest BCUT2D eigenvalue weighted by Gasteiger charge is 2.18. The summed E-state index contributed by atoms with van der Waals surface area (Å²) in [6, 6.07) is 22.1. The fourth-order valence-electron chi connectivity index (χ4n) is 3.67. The van der Waals surface area contributed by atoms with Crippen LogP contribution in [0.1, 0.15) is 43.9 Å². The van der Waals surface area contributed by atoms with E-state index < -0.39 is 12.0 Å². The van der Waals surface area contributed by atoms with E-state index in [0.717, 1.165) is 22.6 Å². The molecule has 0 amide bonds. The number of rotatable bonds is 10. The first kappa shape index (κ1) is 25.3. The summed E-state index contributed by atoms with van der Waals surface area (Å²) in [6.45, 7) is 7.91. The third kappa shape index (κ3) is 7.07. The lowest BCUT2D eigenvalue weighted by molar-refractivity contribution is -0.138. The number of benzene rings is 3. The SMILES string of the molecule is CC(C)(C)c1cccc(Oc2ccccc2CN(CC[C@H](N)C(=O)O)Cc2ccccc2O)c1. The predicted molar refractivity (Wildman–Crippen MR) is 134 cm³/mol. The summed E-state index contributed by atoms with van der Waals surface area (Å²) < 4.78 is 6.29. The molecular weight excluding hydrogens is 428 g/mol. The van der Waals surface area contributed by atoms with Gasteiger partial charge < -0.3 is 20.7 Å². The third-order valence-corrected chi connectivity index (χ3v) is 5.75. The molecule has 180 valence electrons. The van der Waals surface area contributed by atoms with Crippen molar-refractivity contribution in [2.24, 2.45) is 5.73 Å². The third-order valence-electron chi connectivity index (χ3n) is 5.75. The standard InChI is InChI=1S/C28H34N2O4/c1-28(2,3)22-11-8-12-23(17-22)34-26-14-7-5-10-21(26)19-30(16-15-24(29)27(32)33)18-20-9-4-6-13-25(20)31/h4-14,17,24,31H,15-16,18-19,29H2,1-3H3,(H,32,33)/t24-/m0/s1. The van der Waals surface area contributed by atoms with E-state index in [1.807, 2.05) is 48.5 Å². The Morgan fingerprint density at radius 1 is 0.971 bits per heavy atom. The Morgan fingerprint density at radius 3 is 2.29 bits per heavy atom. The topological polar surface area (TPSA) is 96.0 Å². The normalized spacial score (nSPS) is 12.5. The molecule has 1 atom stereocenters. The fourth-order valence-corrected chi connectivity index (χ4v) is 3.67. The summed E-state index contributed by atoms with van der Waals surface area (Å²) in [5, 5.41) is 19.5. The van der Waals surface area contributed by atoms with Gasteiger partial charge in [-0.15, -0.1) is 0 Å². The largest absolute Gasteiger partial charge is 0.508 e. The van der Waals surface area contributed by atoms with Gasteiger partial charge in [0.25, 0.3) is 0 Å². The van der Waals surface area contributed by atoms with Crippen LogP contribution in [0.3, 0.4) is 0 Å². The van der Waals surface area contributed by atoms with Crippen LogP contribution >= 0.6 is 0 Å². The minimum absolute atomic E-state index is 0.0102. The second-order valence-electron chi connectivity index (χ2n) is 9.56. The second-order valence-corrected chi connectivity index (χ2v) is 9.56. The lowest BCUT2D eigenvalue weighted by Gasteiger charge is -2.25. The quantitative estimate of drug-likeness (QED) is 0.379. The maximum Gasteiger partial charge on any atom is 0.320 e. The van der Waals surface area contributed by atoms with Crippen molar-refractivity contribution in [3.05, 3.63) is 89.5 Å². The van der Waals surface area contributed by atoms with E-state index in [2.05, 4.69) is 37.8 Å². The Bertz CT molecular complexity index is 1110. The van der Waals surface area contributed by atoms with Crippen molar-refractivity contribution < 1.29 is 19.7 Å². The van der Waals surface area contributed by atoms with Gasteiger partial charge in [0.1, 0.15) is 23.3 Å². The molecule has 0 spiro atoms. The zero-order valence-electron chi connectivity index (χ0n) is 20.1. The average molecular weight is 463 g/mol. The Morgan fingerprint density at radius 2 is 1.62 bits per heavy atom. The van der Waals surface area contributed by atoms with Gasteiger partial charge in [-0.05, 0) is 41.7 Å². The van der Waals surface area contributed by atoms with Crippen LogP contribution in [0.25, 0.3) is 0 Å². The van der Waals surface area contributed by atoms with Gasteiger partial charge >= 0.3 is 5.97 Å². The molecule has 6 nitrogen and oxygen atoms in total. The molecule has 4 N–H and O–H groups in total. The molecule has 34 heavy (non-hydrogen) atoms. The van der Waals surface area contributed by atoms with E-state index in [0.29, 0.717) is 26.1 Å². The Balaban J connectivity index is 1.83. The molecular formula is C28H34N2O4. The first-order valence-corrected chi connectivity index (χ1v) is 11.5. The smallest absolute Gasteiger partial charge is 0.320 e. The number of carbonyl (C=O) groups is 1. The van der Waals surface area contributed by atoms with Gasteiger partial charge in [-0.3, -0.25) is 9.69 Å². The number of phenolic OH excluding ortho intramolecular Hbond substituents is 1. The molecule has 3 rings (SSSR count). The van der Waals surface area contributed by atoms with Crippen LogP contribution in [0.5, 0.6) is 17.2 Å². The zero-order chi connectivity index (χ0) is 24.7. The number of ether oxygens (including phenoxy) is 1. The number of nitrogens with zero attached hydrogens (tertiary/aromatic N) is 1. The molecule has 0 aliphatic rings. The van der Waals surface area contributed by atoms with E-state index in [1.54, 1.807) is 12.1 Å². The van der Waals surface area contributed by atoms with Crippen molar-refractivity contribution in [3.8, 4) is 17.2 Å². The molecule has 0 aliphatic heterocycles. The Hall–Kier alpha value is -3.35. The van der Waals surface area contributed by atoms with Crippen molar-refractivity contribution in [1.29, 1.82) is 0 Å². The van der Waals surface area contributed by atoms with Gasteiger partial charge in [0.2, 0.25) is 0 Å². The number of hydrogen-bond acceptors (Lipinski definition) is 5. The Labute approximate surface area is 201 Å². The van der Waals surface area contributed by atoms with Crippen molar-refractivity contribution in [3.63, 3.8) is 0 Å². The molecule has 3 aromatic rings. The molecule has 0 aliphatic carbocycles. The molecule has 6 heteroatoms. The van der Waals surface area contributed by atoms with Gasteiger partial charge in [0.15, 0.2) is 0 Å². The summed E-state index contributed by atoms with van der Waals surface area (Å²) >= 11 is 0. The predicted octanol–water partition coefficient (Wildman–Crippen LogP) is 5.29. The zero-order valence-corrected chi connectivity index (χ0v) is 20.1. The highest BCUT2D eigenvalue weighted by atomic mass is 16.5. The summed E-state index contributed by atoms with van der Waals surface area (Å²) in [6.07, 6.45) is 0.291. The minimum Gasteiger partial charge on any atom is -0.508 e. The van der Waals surface area contributed by atoms with E-state index in [1.165, 1.54) is 5.56 Å². The van der Waals surface area contributed by atoms with Gasteiger partial charge in [0.05, 0.1) is 0 Å². The summed E-state index contributed by atoms with van der Waals surface area (Å²) in [4.78, 5) is 13.3. The van der Waals surface area contributed by atoms with Gasteiger partial charge in [-0.25, -0.2) is 0 Å².